The van der Waals surface area contributed by atoms with Crippen LogP contribution in [0.15, 0.2) is 0 Å². The molecule has 146 valence electrons. The highest BCUT2D eigenvalue weighted by Crippen LogP contribution is 2.01. The first-order valence-corrected chi connectivity index (χ1v) is 10.6. The standard InChI is InChI=1S/C20H46N4/c1-4-20(3)19-24-18-12-17-23-14-10-8-6-7-9-13-22-16-11-15-21-5-2/h20-24H,4-19H2,1-3H3/t20-/m0/s1. The van der Waals surface area contributed by atoms with Gasteiger partial charge >= 0.3 is 0 Å². The maximum Gasteiger partial charge on any atom is -0.00232 e. The predicted molar refractivity (Wildman–Crippen MR) is 109 cm³/mol. The van der Waals surface area contributed by atoms with E-state index in [1.807, 2.05) is 0 Å². The van der Waals surface area contributed by atoms with E-state index in [2.05, 4.69) is 42.0 Å². The van der Waals surface area contributed by atoms with Crippen molar-refractivity contribution in [3.63, 3.8) is 0 Å². The van der Waals surface area contributed by atoms with E-state index in [1.54, 1.807) is 0 Å². The van der Waals surface area contributed by atoms with Crippen LogP contribution in [0.2, 0.25) is 0 Å². The Labute approximate surface area is 152 Å². The molecule has 0 aliphatic carbocycles. The van der Waals surface area contributed by atoms with E-state index in [-0.39, 0.29) is 0 Å². The molecule has 0 aliphatic heterocycles. The summed E-state index contributed by atoms with van der Waals surface area (Å²) in [7, 11) is 0. The molecule has 0 saturated heterocycles. The second kappa shape index (κ2) is 20.9. The third-order valence-corrected chi connectivity index (χ3v) is 4.56. The van der Waals surface area contributed by atoms with Gasteiger partial charge < -0.3 is 21.3 Å². The number of rotatable bonds is 20. The lowest BCUT2D eigenvalue weighted by molar-refractivity contribution is 0.487. The average molecular weight is 343 g/mol. The van der Waals surface area contributed by atoms with Crippen LogP contribution < -0.4 is 21.3 Å². The van der Waals surface area contributed by atoms with E-state index in [0.717, 1.165) is 38.6 Å². The average Bonchev–Trinajstić information content (AvgIpc) is 2.60. The summed E-state index contributed by atoms with van der Waals surface area (Å²) in [6.45, 7) is 16.0. The fourth-order valence-electron chi connectivity index (χ4n) is 2.63. The van der Waals surface area contributed by atoms with Crippen LogP contribution in [0.1, 0.15) is 72.1 Å². The van der Waals surface area contributed by atoms with Gasteiger partial charge in [0.15, 0.2) is 0 Å². The summed E-state index contributed by atoms with van der Waals surface area (Å²) in [5.41, 5.74) is 0. The molecule has 0 aromatic heterocycles. The van der Waals surface area contributed by atoms with Gasteiger partial charge in [0.25, 0.3) is 0 Å². The quantitative estimate of drug-likeness (QED) is 0.257. The maximum atomic E-state index is 3.56. The van der Waals surface area contributed by atoms with Crippen molar-refractivity contribution in [2.75, 3.05) is 52.4 Å². The van der Waals surface area contributed by atoms with Crippen molar-refractivity contribution in [1.82, 2.24) is 21.3 Å². The fourth-order valence-corrected chi connectivity index (χ4v) is 2.63. The third kappa shape index (κ3) is 19.9. The zero-order valence-electron chi connectivity index (χ0n) is 16.9. The molecular weight excluding hydrogens is 296 g/mol. The Hall–Kier alpha value is -0.160. The van der Waals surface area contributed by atoms with Crippen LogP contribution in [0.4, 0.5) is 0 Å². The highest BCUT2D eigenvalue weighted by molar-refractivity contribution is 4.57. The van der Waals surface area contributed by atoms with E-state index < -0.39 is 0 Å². The molecule has 4 nitrogen and oxygen atoms in total. The van der Waals surface area contributed by atoms with Gasteiger partial charge in [0.1, 0.15) is 0 Å². The smallest absolute Gasteiger partial charge is 0.00232 e. The molecule has 4 N–H and O–H groups in total. The number of hydrogen-bond acceptors (Lipinski definition) is 4. The fraction of sp³-hybridized carbons (Fsp3) is 1.00. The van der Waals surface area contributed by atoms with Crippen LogP contribution in [0.3, 0.4) is 0 Å². The van der Waals surface area contributed by atoms with E-state index in [4.69, 9.17) is 0 Å². The molecule has 0 rings (SSSR count). The normalized spacial score (nSPS) is 12.6. The zero-order valence-corrected chi connectivity index (χ0v) is 16.9. The molecule has 0 spiro atoms. The van der Waals surface area contributed by atoms with Gasteiger partial charge in [0.2, 0.25) is 0 Å². The molecule has 4 heteroatoms. The molecule has 0 bridgehead atoms. The largest absolute Gasteiger partial charge is 0.317 e. The van der Waals surface area contributed by atoms with E-state index in [1.165, 1.54) is 71.0 Å². The Morgan fingerprint density at radius 1 is 0.542 bits per heavy atom. The van der Waals surface area contributed by atoms with Crippen LogP contribution in [-0.4, -0.2) is 52.4 Å². The first kappa shape index (κ1) is 23.8. The molecule has 0 saturated carbocycles. The monoisotopic (exact) mass is 342 g/mol. The Kier molecular flexibility index (Phi) is 20.7. The van der Waals surface area contributed by atoms with Gasteiger partial charge in [-0.15, -0.1) is 0 Å². The Morgan fingerprint density at radius 2 is 1.00 bits per heavy atom. The number of unbranched alkanes of at least 4 members (excludes halogenated alkanes) is 4. The van der Waals surface area contributed by atoms with Gasteiger partial charge in [-0.05, 0) is 84.0 Å². The van der Waals surface area contributed by atoms with E-state index >= 15 is 0 Å². The molecule has 0 aromatic carbocycles. The minimum absolute atomic E-state index is 0.811. The van der Waals surface area contributed by atoms with E-state index in [0.29, 0.717) is 0 Å². The number of hydrogen-bond donors (Lipinski definition) is 4. The number of nitrogens with one attached hydrogen (secondary N) is 4. The van der Waals surface area contributed by atoms with Gasteiger partial charge in [0.05, 0.1) is 0 Å². The summed E-state index contributed by atoms with van der Waals surface area (Å²) in [4.78, 5) is 0. The van der Waals surface area contributed by atoms with Crippen LogP contribution in [0.5, 0.6) is 0 Å². The Balaban J connectivity index is 2.98. The van der Waals surface area contributed by atoms with Gasteiger partial charge in [-0.3, -0.25) is 0 Å². The van der Waals surface area contributed by atoms with E-state index in [9.17, 15) is 0 Å². The first-order valence-electron chi connectivity index (χ1n) is 10.6. The van der Waals surface area contributed by atoms with Crippen LogP contribution in [0, 0.1) is 5.92 Å². The van der Waals surface area contributed by atoms with Gasteiger partial charge in [-0.1, -0.05) is 46.5 Å². The van der Waals surface area contributed by atoms with Crippen LogP contribution >= 0.6 is 0 Å². The molecule has 1 atom stereocenters. The maximum absolute atomic E-state index is 3.56. The lowest BCUT2D eigenvalue weighted by Crippen LogP contribution is -2.25. The molecule has 0 unspecified atom stereocenters. The second-order valence-corrected chi connectivity index (χ2v) is 7.05. The van der Waals surface area contributed by atoms with Gasteiger partial charge in [-0.2, -0.15) is 0 Å². The summed E-state index contributed by atoms with van der Waals surface area (Å²) < 4.78 is 0. The minimum Gasteiger partial charge on any atom is -0.317 e. The highest BCUT2D eigenvalue weighted by atomic mass is 14.9. The summed E-state index contributed by atoms with van der Waals surface area (Å²) in [5.74, 6) is 0.811. The molecule has 0 fully saturated rings. The van der Waals surface area contributed by atoms with Crippen molar-refractivity contribution in [1.29, 1.82) is 0 Å². The van der Waals surface area contributed by atoms with Gasteiger partial charge in [-0.25, -0.2) is 0 Å². The van der Waals surface area contributed by atoms with Gasteiger partial charge in [0, 0.05) is 0 Å². The lowest BCUT2D eigenvalue weighted by Gasteiger charge is -2.10. The Bertz CT molecular complexity index is 224. The van der Waals surface area contributed by atoms with Crippen molar-refractivity contribution in [2.45, 2.75) is 72.1 Å². The minimum atomic E-state index is 0.811. The molecule has 0 aliphatic rings. The molecule has 0 amide bonds. The zero-order chi connectivity index (χ0) is 17.7. The summed E-state index contributed by atoms with van der Waals surface area (Å²) in [5, 5.41) is 14.0. The van der Waals surface area contributed by atoms with Crippen molar-refractivity contribution in [2.24, 2.45) is 5.92 Å². The summed E-state index contributed by atoms with van der Waals surface area (Å²) in [6.07, 6.45) is 10.6. The second-order valence-electron chi connectivity index (χ2n) is 7.05. The lowest BCUT2D eigenvalue weighted by atomic mass is 10.1. The van der Waals surface area contributed by atoms with Crippen molar-refractivity contribution < 1.29 is 0 Å². The molecule has 0 aromatic rings. The highest BCUT2D eigenvalue weighted by Gasteiger charge is 1.97. The summed E-state index contributed by atoms with van der Waals surface area (Å²) >= 11 is 0. The molecular formula is C20H46N4. The van der Waals surface area contributed by atoms with Crippen molar-refractivity contribution in [3.8, 4) is 0 Å². The molecule has 24 heavy (non-hydrogen) atoms. The molecule has 0 heterocycles. The third-order valence-electron chi connectivity index (χ3n) is 4.56. The van der Waals surface area contributed by atoms with Crippen molar-refractivity contribution in [3.05, 3.63) is 0 Å². The summed E-state index contributed by atoms with van der Waals surface area (Å²) in [6, 6.07) is 0. The SMILES string of the molecule is CCNCCCNCCCCCCCNCCCNC[C@@H](C)CC. The van der Waals surface area contributed by atoms with Crippen LogP contribution in [0.25, 0.3) is 0 Å². The van der Waals surface area contributed by atoms with Crippen LogP contribution in [-0.2, 0) is 0 Å². The van der Waals surface area contributed by atoms with Crippen molar-refractivity contribution >= 4 is 0 Å². The predicted octanol–water partition coefficient (Wildman–Crippen LogP) is 3.14. The topological polar surface area (TPSA) is 48.1 Å². The Morgan fingerprint density at radius 3 is 1.54 bits per heavy atom. The molecule has 0 radical (unpaired) electrons. The first-order chi connectivity index (χ1) is 11.8.